The van der Waals surface area contributed by atoms with Crippen molar-refractivity contribution < 1.29 is 9.59 Å². The van der Waals surface area contributed by atoms with Crippen LogP contribution >= 0.6 is 12.2 Å². The van der Waals surface area contributed by atoms with Crippen molar-refractivity contribution in [3.63, 3.8) is 0 Å². The number of nitrogens with zero attached hydrogens (tertiary/aromatic N) is 2. The van der Waals surface area contributed by atoms with Crippen LogP contribution in [0.2, 0.25) is 0 Å². The first-order valence-electron chi connectivity index (χ1n) is 9.82. The quantitative estimate of drug-likeness (QED) is 0.464. The van der Waals surface area contributed by atoms with Gasteiger partial charge in [0.2, 0.25) is 0 Å². The Balaban J connectivity index is 1.90. The van der Waals surface area contributed by atoms with E-state index in [2.05, 4.69) is 36.2 Å². The maximum atomic E-state index is 12.8. The normalized spacial score (nSPS) is 18.7. The number of unbranched alkanes of at least 4 members (excludes halogenated alkanes) is 1. The topological polar surface area (TPSA) is 52.7 Å². The Bertz CT molecular complexity index is 788. The maximum Gasteiger partial charge on any atom is 0.265 e. The van der Waals surface area contributed by atoms with E-state index < -0.39 is 5.91 Å². The molecule has 1 saturated heterocycles. The highest BCUT2D eigenvalue weighted by atomic mass is 32.1. The molecule has 0 spiro atoms. The molecule has 0 aliphatic carbocycles. The number of hydrogen-bond acceptors (Lipinski definition) is 4. The number of aryl methyl sites for hydroxylation is 1. The van der Waals surface area contributed by atoms with Crippen LogP contribution in [-0.2, 0) is 16.0 Å². The first-order chi connectivity index (χ1) is 13.0. The third-order valence-electron chi connectivity index (χ3n) is 5.05. The van der Waals surface area contributed by atoms with Crippen molar-refractivity contribution >= 4 is 40.9 Å². The molecule has 1 aromatic rings. The molecule has 3 rings (SSSR count). The Labute approximate surface area is 166 Å². The summed E-state index contributed by atoms with van der Waals surface area (Å²) in [5.41, 5.74) is 3.58. The number of fused-ring (bicyclic) bond motifs is 1. The minimum Gasteiger partial charge on any atom is -0.371 e. The molecule has 0 unspecified atom stereocenters. The molecule has 0 aromatic heterocycles. The number of thiocarbonyl (C=S) groups is 1. The van der Waals surface area contributed by atoms with Crippen LogP contribution in [0.3, 0.4) is 0 Å². The molecular weight excluding hydrogens is 358 g/mol. The highest BCUT2D eigenvalue weighted by Crippen LogP contribution is 2.29. The molecule has 1 fully saturated rings. The van der Waals surface area contributed by atoms with E-state index in [9.17, 15) is 9.59 Å². The van der Waals surface area contributed by atoms with E-state index in [1.165, 1.54) is 16.2 Å². The lowest BCUT2D eigenvalue weighted by molar-refractivity contribution is -0.128. The van der Waals surface area contributed by atoms with E-state index in [-0.39, 0.29) is 16.6 Å². The summed E-state index contributed by atoms with van der Waals surface area (Å²) in [4.78, 5) is 29.1. The van der Waals surface area contributed by atoms with Gasteiger partial charge in [0.15, 0.2) is 5.11 Å². The lowest BCUT2D eigenvalue weighted by Gasteiger charge is -2.31. The summed E-state index contributed by atoms with van der Waals surface area (Å²) in [6.45, 7) is 6.84. The Hall–Kier alpha value is -2.21. The lowest BCUT2D eigenvalue weighted by Crippen LogP contribution is -2.54. The zero-order chi connectivity index (χ0) is 19.4. The smallest absolute Gasteiger partial charge is 0.265 e. The standard InChI is InChI=1S/C21H27N3O2S/c1-3-5-12-24-20(26)17(19(25)22-21(24)27)13-15-8-9-16-7-6-11-23(10-4-2)18(16)14-15/h8-9,13-14H,3-7,10-12H2,1-2H3,(H,22,25,27). The molecule has 2 amide bonds. The summed E-state index contributed by atoms with van der Waals surface area (Å²) in [5, 5.41) is 2.85. The lowest BCUT2D eigenvalue weighted by atomic mass is 9.98. The predicted molar refractivity (Wildman–Crippen MR) is 113 cm³/mol. The van der Waals surface area contributed by atoms with Crippen molar-refractivity contribution in [3.05, 3.63) is 34.9 Å². The molecule has 1 aromatic carbocycles. The van der Waals surface area contributed by atoms with E-state index in [0.717, 1.165) is 50.8 Å². The van der Waals surface area contributed by atoms with Gasteiger partial charge in [-0.15, -0.1) is 0 Å². The second kappa shape index (κ2) is 8.65. The summed E-state index contributed by atoms with van der Waals surface area (Å²) in [7, 11) is 0. The molecule has 1 N–H and O–H groups in total. The monoisotopic (exact) mass is 385 g/mol. The maximum absolute atomic E-state index is 12.8. The van der Waals surface area contributed by atoms with E-state index in [1.807, 2.05) is 6.07 Å². The highest BCUT2D eigenvalue weighted by Gasteiger charge is 2.32. The van der Waals surface area contributed by atoms with E-state index >= 15 is 0 Å². The van der Waals surface area contributed by atoms with Gasteiger partial charge in [0.25, 0.3) is 11.8 Å². The number of carbonyl (C=O) groups excluding carboxylic acids is 2. The van der Waals surface area contributed by atoms with Crippen molar-refractivity contribution in [1.82, 2.24) is 10.2 Å². The first kappa shape index (κ1) is 19.5. The third-order valence-corrected chi connectivity index (χ3v) is 5.37. The van der Waals surface area contributed by atoms with Crippen molar-refractivity contribution in [2.45, 2.75) is 46.0 Å². The fourth-order valence-electron chi connectivity index (χ4n) is 3.64. The van der Waals surface area contributed by atoms with Crippen LogP contribution in [0.1, 0.15) is 50.7 Å². The molecule has 5 nitrogen and oxygen atoms in total. The minimum absolute atomic E-state index is 0.150. The number of nitrogens with one attached hydrogen (secondary N) is 1. The molecule has 6 heteroatoms. The molecular formula is C21H27N3O2S. The van der Waals surface area contributed by atoms with Crippen molar-refractivity contribution in [3.8, 4) is 0 Å². The molecule has 27 heavy (non-hydrogen) atoms. The molecule has 0 bridgehead atoms. The fraction of sp³-hybridized carbons (Fsp3) is 0.476. The summed E-state index contributed by atoms with van der Waals surface area (Å²) >= 11 is 5.18. The Morgan fingerprint density at radius 2 is 2.00 bits per heavy atom. The van der Waals surface area contributed by atoms with E-state index in [1.54, 1.807) is 6.08 Å². The molecule has 0 saturated carbocycles. The van der Waals surface area contributed by atoms with Gasteiger partial charge in [0.1, 0.15) is 5.57 Å². The van der Waals surface area contributed by atoms with E-state index in [4.69, 9.17) is 12.2 Å². The molecule has 0 radical (unpaired) electrons. The Morgan fingerprint density at radius 1 is 1.19 bits per heavy atom. The number of hydrogen-bond donors (Lipinski definition) is 1. The fourth-order valence-corrected chi connectivity index (χ4v) is 3.91. The van der Waals surface area contributed by atoms with Crippen LogP contribution in [0.5, 0.6) is 0 Å². The second-order valence-corrected chi connectivity index (χ2v) is 7.49. The zero-order valence-electron chi connectivity index (χ0n) is 16.1. The van der Waals surface area contributed by atoms with Gasteiger partial charge >= 0.3 is 0 Å². The van der Waals surface area contributed by atoms with Crippen LogP contribution in [0.4, 0.5) is 5.69 Å². The average Bonchev–Trinajstić information content (AvgIpc) is 2.65. The number of rotatable bonds is 6. The van der Waals surface area contributed by atoms with Crippen LogP contribution in [-0.4, -0.2) is 41.5 Å². The van der Waals surface area contributed by atoms with Gasteiger partial charge in [-0.05, 0) is 61.2 Å². The Morgan fingerprint density at radius 3 is 2.74 bits per heavy atom. The number of anilines is 1. The predicted octanol–water partition coefficient (Wildman–Crippen LogP) is 3.28. The van der Waals surface area contributed by atoms with Crippen molar-refractivity contribution in [2.24, 2.45) is 0 Å². The average molecular weight is 386 g/mol. The van der Waals surface area contributed by atoms with Gasteiger partial charge in [0, 0.05) is 25.3 Å². The third kappa shape index (κ3) is 4.21. The zero-order valence-corrected chi connectivity index (χ0v) is 16.9. The van der Waals surface area contributed by atoms with Gasteiger partial charge in [0.05, 0.1) is 0 Å². The molecule has 2 heterocycles. The van der Waals surface area contributed by atoms with Crippen LogP contribution in [0.25, 0.3) is 6.08 Å². The highest BCUT2D eigenvalue weighted by molar-refractivity contribution is 7.80. The molecule has 0 atom stereocenters. The van der Waals surface area contributed by atoms with Gasteiger partial charge in [-0.25, -0.2) is 0 Å². The number of amides is 2. The minimum atomic E-state index is -0.416. The summed E-state index contributed by atoms with van der Waals surface area (Å²) < 4.78 is 0. The van der Waals surface area contributed by atoms with Crippen LogP contribution < -0.4 is 10.2 Å². The van der Waals surface area contributed by atoms with Crippen molar-refractivity contribution in [2.75, 3.05) is 24.5 Å². The number of carbonyl (C=O) groups is 2. The molecule has 2 aliphatic rings. The van der Waals surface area contributed by atoms with Crippen LogP contribution in [0.15, 0.2) is 23.8 Å². The second-order valence-electron chi connectivity index (χ2n) is 7.11. The van der Waals surface area contributed by atoms with Gasteiger partial charge in [-0.2, -0.15) is 0 Å². The van der Waals surface area contributed by atoms with Gasteiger partial charge in [-0.1, -0.05) is 32.4 Å². The summed E-state index contributed by atoms with van der Waals surface area (Å²) in [6, 6.07) is 6.21. The largest absolute Gasteiger partial charge is 0.371 e. The Kier molecular flexibility index (Phi) is 6.26. The first-order valence-corrected chi connectivity index (χ1v) is 10.2. The SMILES string of the molecule is CCCCN1C(=O)C(=Cc2ccc3c(c2)N(CCC)CCC3)C(=O)NC1=S. The number of benzene rings is 1. The van der Waals surface area contributed by atoms with Gasteiger partial charge in [-0.3, -0.25) is 19.8 Å². The van der Waals surface area contributed by atoms with Crippen LogP contribution in [0, 0.1) is 0 Å². The van der Waals surface area contributed by atoms with E-state index in [0.29, 0.717) is 6.54 Å². The molecule has 144 valence electrons. The van der Waals surface area contributed by atoms with Gasteiger partial charge < -0.3 is 4.90 Å². The van der Waals surface area contributed by atoms with Crippen molar-refractivity contribution in [1.29, 1.82) is 0 Å². The summed E-state index contributed by atoms with van der Waals surface area (Å²) in [5.74, 6) is -0.721. The molecule has 2 aliphatic heterocycles. The summed E-state index contributed by atoms with van der Waals surface area (Å²) in [6.07, 6.45) is 6.83.